The van der Waals surface area contributed by atoms with Crippen molar-refractivity contribution in [1.29, 1.82) is 5.26 Å². The third-order valence-electron chi connectivity index (χ3n) is 1.50. The predicted molar refractivity (Wildman–Crippen MR) is 54.1 cm³/mol. The van der Waals surface area contributed by atoms with Crippen LogP contribution in [0.1, 0.15) is 33.6 Å². The smallest absolute Gasteiger partial charge is 0.228 e. The molecule has 0 amide bonds. The number of thiocyanates is 1. The summed E-state index contributed by atoms with van der Waals surface area (Å²) >= 11 is 1.01. The van der Waals surface area contributed by atoms with Crippen molar-refractivity contribution < 1.29 is 9.47 Å². The van der Waals surface area contributed by atoms with Gasteiger partial charge >= 0.3 is 0 Å². The maximum Gasteiger partial charge on any atom is 0.228 e. The van der Waals surface area contributed by atoms with E-state index in [0.717, 1.165) is 24.6 Å². The minimum atomic E-state index is -0.793. The first-order chi connectivity index (χ1) is 6.18. The van der Waals surface area contributed by atoms with E-state index in [1.165, 1.54) is 0 Å². The molecule has 0 N–H and O–H groups in total. The molecule has 76 valence electrons. The number of unbranched alkanes of at least 4 members (excludes halogenated alkanes) is 1. The van der Waals surface area contributed by atoms with Gasteiger partial charge < -0.3 is 9.47 Å². The van der Waals surface area contributed by atoms with Gasteiger partial charge in [0.1, 0.15) is 5.40 Å². The van der Waals surface area contributed by atoms with E-state index in [9.17, 15) is 0 Å². The Morgan fingerprint density at radius 3 is 2.54 bits per heavy atom. The highest BCUT2D eigenvalue weighted by atomic mass is 32.2. The minimum Gasteiger partial charge on any atom is -0.341 e. The van der Waals surface area contributed by atoms with Crippen LogP contribution in [0.3, 0.4) is 0 Å². The summed E-state index contributed by atoms with van der Waals surface area (Å²) in [5.74, 6) is 0. The van der Waals surface area contributed by atoms with Crippen LogP contribution in [-0.4, -0.2) is 18.3 Å². The van der Waals surface area contributed by atoms with Gasteiger partial charge in [-0.15, -0.1) is 0 Å². The largest absolute Gasteiger partial charge is 0.341 e. The van der Waals surface area contributed by atoms with Gasteiger partial charge in [0.25, 0.3) is 0 Å². The molecule has 0 aromatic carbocycles. The van der Waals surface area contributed by atoms with Crippen molar-refractivity contribution in [2.24, 2.45) is 0 Å². The van der Waals surface area contributed by atoms with Crippen LogP contribution >= 0.6 is 11.8 Å². The van der Waals surface area contributed by atoms with Crippen molar-refractivity contribution in [1.82, 2.24) is 0 Å². The van der Waals surface area contributed by atoms with Crippen LogP contribution in [0.4, 0.5) is 0 Å². The molecule has 0 aliphatic heterocycles. The first-order valence-electron chi connectivity index (χ1n) is 4.53. The zero-order valence-corrected chi connectivity index (χ0v) is 9.32. The van der Waals surface area contributed by atoms with E-state index < -0.39 is 5.12 Å². The fourth-order valence-corrected chi connectivity index (χ4v) is 1.33. The Balaban J connectivity index is 3.85. The second-order valence-corrected chi connectivity index (χ2v) is 3.82. The van der Waals surface area contributed by atoms with Gasteiger partial charge in [0.05, 0.1) is 6.61 Å². The van der Waals surface area contributed by atoms with Crippen molar-refractivity contribution in [2.75, 3.05) is 13.2 Å². The highest BCUT2D eigenvalue weighted by molar-refractivity contribution is 8.04. The lowest BCUT2D eigenvalue weighted by Crippen LogP contribution is -2.28. The topological polar surface area (TPSA) is 42.2 Å². The molecule has 0 saturated heterocycles. The summed E-state index contributed by atoms with van der Waals surface area (Å²) in [7, 11) is 0. The van der Waals surface area contributed by atoms with Crippen LogP contribution < -0.4 is 0 Å². The fraction of sp³-hybridized carbons (Fsp3) is 0.889. The Bertz CT molecular complexity index is 169. The first kappa shape index (κ1) is 12.8. The second-order valence-electron chi connectivity index (χ2n) is 2.69. The van der Waals surface area contributed by atoms with Crippen LogP contribution in [0.5, 0.6) is 0 Å². The van der Waals surface area contributed by atoms with Gasteiger partial charge in [-0.2, -0.15) is 5.26 Å². The van der Waals surface area contributed by atoms with E-state index in [1.807, 2.05) is 12.3 Å². The molecule has 3 nitrogen and oxygen atoms in total. The van der Waals surface area contributed by atoms with Crippen LogP contribution in [-0.2, 0) is 9.47 Å². The molecule has 0 aromatic heterocycles. The standard InChI is InChI=1S/C9H17NO2S/c1-4-6-7-12-9(3,11-5-2)13-8-10/h4-7H2,1-3H3. The van der Waals surface area contributed by atoms with Crippen LogP contribution in [0.2, 0.25) is 0 Å². The zero-order chi connectivity index (χ0) is 10.2. The lowest BCUT2D eigenvalue weighted by Gasteiger charge is -2.25. The molecular weight excluding hydrogens is 186 g/mol. The van der Waals surface area contributed by atoms with Gasteiger partial charge in [-0.25, -0.2) is 0 Å². The highest BCUT2D eigenvalue weighted by Crippen LogP contribution is 2.26. The van der Waals surface area contributed by atoms with Gasteiger partial charge in [0.2, 0.25) is 5.12 Å². The quantitative estimate of drug-likeness (QED) is 0.362. The van der Waals surface area contributed by atoms with Crippen LogP contribution in [0, 0.1) is 10.7 Å². The van der Waals surface area contributed by atoms with Gasteiger partial charge in [0.15, 0.2) is 0 Å². The summed E-state index contributed by atoms with van der Waals surface area (Å²) in [6.45, 7) is 6.96. The third kappa shape index (κ3) is 5.92. The molecule has 0 aliphatic carbocycles. The number of thioether (sulfide) groups is 1. The second kappa shape index (κ2) is 7.19. The van der Waals surface area contributed by atoms with Crippen molar-refractivity contribution in [3.05, 3.63) is 0 Å². The summed E-state index contributed by atoms with van der Waals surface area (Å²) in [6, 6.07) is 0. The van der Waals surface area contributed by atoms with Crippen LogP contribution in [0.25, 0.3) is 0 Å². The van der Waals surface area contributed by atoms with Crippen molar-refractivity contribution in [3.8, 4) is 5.40 Å². The normalized spacial score (nSPS) is 14.9. The number of hydrogen-bond donors (Lipinski definition) is 0. The SMILES string of the molecule is CCCCOC(C)(OCC)SC#N. The Morgan fingerprint density at radius 2 is 2.08 bits per heavy atom. The molecule has 0 spiro atoms. The number of ether oxygens (including phenoxy) is 2. The van der Waals surface area contributed by atoms with E-state index in [-0.39, 0.29) is 0 Å². The molecule has 0 saturated carbocycles. The summed E-state index contributed by atoms with van der Waals surface area (Å²) in [6.07, 6.45) is 2.08. The van der Waals surface area contributed by atoms with E-state index in [1.54, 1.807) is 6.92 Å². The first-order valence-corrected chi connectivity index (χ1v) is 5.35. The van der Waals surface area contributed by atoms with Gasteiger partial charge in [-0.1, -0.05) is 13.3 Å². The summed E-state index contributed by atoms with van der Waals surface area (Å²) in [5, 5.41) is 9.73. The molecule has 0 radical (unpaired) electrons. The molecule has 0 rings (SSSR count). The summed E-state index contributed by atoms with van der Waals surface area (Å²) in [4.78, 5) is 0. The lowest BCUT2D eigenvalue weighted by molar-refractivity contribution is -0.155. The van der Waals surface area contributed by atoms with Crippen molar-refractivity contribution in [2.45, 2.75) is 38.7 Å². The molecule has 13 heavy (non-hydrogen) atoms. The number of nitriles is 1. The van der Waals surface area contributed by atoms with Gasteiger partial charge in [0, 0.05) is 25.3 Å². The van der Waals surface area contributed by atoms with Crippen molar-refractivity contribution >= 4 is 11.8 Å². The summed E-state index contributed by atoms with van der Waals surface area (Å²) < 4.78 is 10.8. The van der Waals surface area contributed by atoms with E-state index >= 15 is 0 Å². The Morgan fingerprint density at radius 1 is 1.38 bits per heavy atom. The number of nitrogens with zero attached hydrogens (tertiary/aromatic N) is 1. The lowest BCUT2D eigenvalue weighted by atomic mass is 10.4. The molecule has 4 heteroatoms. The van der Waals surface area contributed by atoms with E-state index in [2.05, 4.69) is 6.92 Å². The zero-order valence-electron chi connectivity index (χ0n) is 8.50. The summed E-state index contributed by atoms with van der Waals surface area (Å²) in [5.41, 5.74) is 0. The van der Waals surface area contributed by atoms with Crippen molar-refractivity contribution in [3.63, 3.8) is 0 Å². The maximum absolute atomic E-state index is 8.54. The molecule has 1 atom stereocenters. The third-order valence-corrected chi connectivity index (χ3v) is 2.20. The predicted octanol–water partition coefficient (Wildman–Crippen LogP) is 2.73. The van der Waals surface area contributed by atoms with E-state index in [4.69, 9.17) is 14.7 Å². The van der Waals surface area contributed by atoms with Gasteiger partial charge in [-0.05, 0) is 13.3 Å². The number of hydrogen-bond acceptors (Lipinski definition) is 4. The molecule has 1 unspecified atom stereocenters. The molecule has 0 fully saturated rings. The van der Waals surface area contributed by atoms with Crippen LogP contribution in [0.15, 0.2) is 0 Å². The average molecular weight is 203 g/mol. The fourth-order valence-electron chi connectivity index (χ4n) is 0.848. The molecule has 0 heterocycles. The minimum absolute atomic E-state index is 0.553. The molecule has 0 aliphatic rings. The Labute approximate surface area is 84.4 Å². The Kier molecular flexibility index (Phi) is 7.06. The van der Waals surface area contributed by atoms with Gasteiger partial charge in [-0.3, -0.25) is 0 Å². The number of rotatable bonds is 7. The molecule has 0 bridgehead atoms. The molecule has 0 aromatic rings. The molecular formula is C9H17NO2S. The average Bonchev–Trinajstić information content (AvgIpc) is 2.05. The maximum atomic E-state index is 8.54. The monoisotopic (exact) mass is 203 g/mol. The highest BCUT2D eigenvalue weighted by Gasteiger charge is 2.26. The van der Waals surface area contributed by atoms with E-state index in [0.29, 0.717) is 13.2 Å². The Hall–Kier alpha value is -0.240.